The number of hydrogen-bond donors (Lipinski definition) is 2. The van der Waals surface area contributed by atoms with Gasteiger partial charge in [-0.25, -0.2) is 4.98 Å². The lowest BCUT2D eigenvalue weighted by atomic mass is 10.4. The van der Waals surface area contributed by atoms with E-state index in [1.54, 1.807) is 0 Å². The highest BCUT2D eigenvalue weighted by Gasteiger charge is 2.09. The smallest absolute Gasteiger partial charge is 0.242 e. The van der Waals surface area contributed by atoms with Gasteiger partial charge in [-0.05, 0) is 20.8 Å². The van der Waals surface area contributed by atoms with Gasteiger partial charge in [-0.2, -0.15) is 4.98 Å². The first-order chi connectivity index (χ1) is 8.15. The molecule has 0 atom stereocenters. The van der Waals surface area contributed by atoms with Crippen LogP contribution in [-0.2, 0) is 4.74 Å². The molecule has 3 N–H and O–H groups in total. The Labute approximate surface area is 102 Å². The molecule has 1 rings (SSSR count). The van der Waals surface area contributed by atoms with Crippen LogP contribution in [0.3, 0.4) is 0 Å². The SMILES string of the molecule is CCOCCNc1ncnc(OC(C)C)c1N. The Bertz CT molecular complexity index is 344. The van der Waals surface area contributed by atoms with E-state index in [9.17, 15) is 0 Å². The van der Waals surface area contributed by atoms with E-state index in [4.69, 9.17) is 15.2 Å². The van der Waals surface area contributed by atoms with Crippen LogP contribution in [0, 0.1) is 0 Å². The Morgan fingerprint density at radius 2 is 2.18 bits per heavy atom. The maximum Gasteiger partial charge on any atom is 0.242 e. The maximum absolute atomic E-state index is 5.89. The molecular formula is C11H20N4O2. The maximum atomic E-state index is 5.89. The molecule has 0 saturated carbocycles. The van der Waals surface area contributed by atoms with E-state index in [-0.39, 0.29) is 6.10 Å². The molecule has 0 aliphatic rings. The molecule has 1 aromatic rings. The molecule has 1 heterocycles. The standard InChI is InChI=1S/C11H20N4O2/c1-4-16-6-5-13-10-9(12)11(15-7-14-10)17-8(2)3/h7-8H,4-6,12H2,1-3H3,(H,13,14,15). The first-order valence-corrected chi connectivity index (χ1v) is 5.73. The second-order valence-electron chi connectivity index (χ2n) is 3.73. The van der Waals surface area contributed by atoms with Gasteiger partial charge in [0.05, 0.1) is 12.7 Å². The Hall–Kier alpha value is -1.56. The summed E-state index contributed by atoms with van der Waals surface area (Å²) in [5.41, 5.74) is 6.32. The van der Waals surface area contributed by atoms with Crippen molar-refractivity contribution in [2.24, 2.45) is 0 Å². The molecule has 0 saturated heterocycles. The lowest BCUT2D eigenvalue weighted by molar-refractivity contribution is 0.158. The van der Waals surface area contributed by atoms with Crippen molar-refractivity contribution in [3.63, 3.8) is 0 Å². The molecule has 0 spiro atoms. The van der Waals surface area contributed by atoms with Crippen molar-refractivity contribution >= 4 is 11.5 Å². The van der Waals surface area contributed by atoms with Gasteiger partial charge in [-0.3, -0.25) is 0 Å². The number of aromatic nitrogens is 2. The largest absolute Gasteiger partial charge is 0.473 e. The zero-order valence-corrected chi connectivity index (χ0v) is 10.6. The fraction of sp³-hybridized carbons (Fsp3) is 0.636. The summed E-state index contributed by atoms with van der Waals surface area (Å²) in [4.78, 5) is 8.05. The average molecular weight is 240 g/mol. The van der Waals surface area contributed by atoms with E-state index < -0.39 is 0 Å². The Morgan fingerprint density at radius 3 is 2.82 bits per heavy atom. The molecule has 0 fully saturated rings. The van der Waals surface area contributed by atoms with Gasteiger partial charge in [0.15, 0.2) is 5.82 Å². The summed E-state index contributed by atoms with van der Waals surface area (Å²) in [6.45, 7) is 7.75. The quantitative estimate of drug-likeness (QED) is 0.699. The van der Waals surface area contributed by atoms with Crippen LogP contribution >= 0.6 is 0 Å². The summed E-state index contributed by atoms with van der Waals surface area (Å²) in [7, 11) is 0. The highest BCUT2D eigenvalue weighted by atomic mass is 16.5. The molecule has 6 nitrogen and oxygen atoms in total. The van der Waals surface area contributed by atoms with Gasteiger partial charge in [0.2, 0.25) is 5.88 Å². The van der Waals surface area contributed by atoms with Crippen molar-refractivity contribution in [2.75, 3.05) is 30.8 Å². The highest BCUT2D eigenvalue weighted by molar-refractivity contribution is 5.66. The summed E-state index contributed by atoms with van der Waals surface area (Å²) in [6.07, 6.45) is 1.46. The van der Waals surface area contributed by atoms with E-state index in [0.717, 1.165) is 0 Å². The molecule has 96 valence electrons. The number of ether oxygens (including phenoxy) is 2. The van der Waals surface area contributed by atoms with Gasteiger partial charge in [0, 0.05) is 13.2 Å². The number of hydrogen-bond acceptors (Lipinski definition) is 6. The van der Waals surface area contributed by atoms with Crippen molar-refractivity contribution in [1.82, 2.24) is 9.97 Å². The lowest BCUT2D eigenvalue weighted by Gasteiger charge is -2.13. The highest BCUT2D eigenvalue weighted by Crippen LogP contribution is 2.24. The predicted molar refractivity (Wildman–Crippen MR) is 67.2 cm³/mol. The molecule has 0 radical (unpaired) electrons. The number of nitrogen functional groups attached to an aromatic ring is 1. The van der Waals surface area contributed by atoms with Crippen LogP contribution in [0.4, 0.5) is 11.5 Å². The van der Waals surface area contributed by atoms with E-state index in [0.29, 0.717) is 37.1 Å². The minimum atomic E-state index is 0.0310. The lowest BCUT2D eigenvalue weighted by Crippen LogP contribution is -2.14. The molecule has 0 aromatic carbocycles. The van der Waals surface area contributed by atoms with Gasteiger partial charge in [0.1, 0.15) is 12.0 Å². The zero-order chi connectivity index (χ0) is 12.7. The molecule has 0 aliphatic heterocycles. The number of anilines is 2. The van der Waals surface area contributed by atoms with Gasteiger partial charge in [-0.15, -0.1) is 0 Å². The molecule has 0 amide bonds. The van der Waals surface area contributed by atoms with Crippen LogP contribution in [0.1, 0.15) is 20.8 Å². The van der Waals surface area contributed by atoms with Crippen molar-refractivity contribution in [2.45, 2.75) is 26.9 Å². The van der Waals surface area contributed by atoms with E-state index in [1.807, 2.05) is 20.8 Å². The van der Waals surface area contributed by atoms with Crippen LogP contribution in [0.25, 0.3) is 0 Å². The van der Waals surface area contributed by atoms with Gasteiger partial charge in [0.25, 0.3) is 0 Å². The summed E-state index contributed by atoms with van der Waals surface area (Å²) in [5, 5.41) is 3.08. The molecule has 0 unspecified atom stereocenters. The third-order valence-electron chi connectivity index (χ3n) is 1.94. The van der Waals surface area contributed by atoms with Crippen molar-refractivity contribution in [3.05, 3.63) is 6.33 Å². The number of nitrogens with zero attached hydrogens (tertiary/aromatic N) is 2. The van der Waals surface area contributed by atoms with Crippen LogP contribution in [0.15, 0.2) is 6.33 Å². The fourth-order valence-electron chi connectivity index (χ4n) is 1.22. The topological polar surface area (TPSA) is 82.3 Å². The molecule has 0 aliphatic carbocycles. The van der Waals surface area contributed by atoms with Crippen LogP contribution in [-0.4, -0.2) is 35.8 Å². The summed E-state index contributed by atoms with van der Waals surface area (Å²) >= 11 is 0. The minimum Gasteiger partial charge on any atom is -0.473 e. The van der Waals surface area contributed by atoms with Crippen molar-refractivity contribution < 1.29 is 9.47 Å². The average Bonchev–Trinajstić information content (AvgIpc) is 2.28. The summed E-state index contributed by atoms with van der Waals surface area (Å²) in [5.74, 6) is 0.990. The molecule has 1 aromatic heterocycles. The zero-order valence-electron chi connectivity index (χ0n) is 10.6. The number of nitrogens with two attached hydrogens (primary N) is 1. The second kappa shape index (κ2) is 6.90. The van der Waals surface area contributed by atoms with Crippen LogP contribution in [0.2, 0.25) is 0 Å². The first-order valence-electron chi connectivity index (χ1n) is 5.73. The third-order valence-corrected chi connectivity index (χ3v) is 1.94. The van der Waals surface area contributed by atoms with Crippen molar-refractivity contribution in [1.29, 1.82) is 0 Å². The minimum absolute atomic E-state index is 0.0310. The molecule has 17 heavy (non-hydrogen) atoms. The Balaban J connectivity index is 2.59. The van der Waals surface area contributed by atoms with E-state index in [1.165, 1.54) is 6.33 Å². The number of rotatable bonds is 7. The van der Waals surface area contributed by atoms with Crippen molar-refractivity contribution in [3.8, 4) is 5.88 Å². The number of nitrogens with one attached hydrogen (secondary N) is 1. The summed E-state index contributed by atoms with van der Waals surface area (Å²) < 4.78 is 10.7. The van der Waals surface area contributed by atoms with E-state index >= 15 is 0 Å². The van der Waals surface area contributed by atoms with Gasteiger partial charge < -0.3 is 20.5 Å². The van der Waals surface area contributed by atoms with Crippen LogP contribution in [0.5, 0.6) is 5.88 Å². The summed E-state index contributed by atoms with van der Waals surface area (Å²) in [6, 6.07) is 0. The second-order valence-corrected chi connectivity index (χ2v) is 3.73. The predicted octanol–water partition coefficient (Wildman–Crippen LogP) is 1.29. The Morgan fingerprint density at radius 1 is 1.41 bits per heavy atom. The van der Waals surface area contributed by atoms with Crippen LogP contribution < -0.4 is 15.8 Å². The first kappa shape index (κ1) is 13.5. The normalized spacial score (nSPS) is 10.6. The molecular weight excluding hydrogens is 220 g/mol. The molecule has 0 bridgehead atoms. The van der Waals surface area contributed by atoms with Gasteiger partial charge in [-0.1, -0.05) is 0 Å². The monoisotopic (exact) mass is 240 g/mol. The Kier molecular flexibility index (Phi) is 5.48. The third kappa shape index (κ3) is 4.44. The van der Waals surface area contributed by atoms with E-state index in [2.05, 4.69) is 15.3 Å². The fourth-order valence-corrected chi connectivity index (χ4v) is 1.22. The van der Waals surface area contributed by atoms with Gasteiger partial charge >= 0.3 is 0 Å². The molecule has 6 heteroatoms.